The third-order valence-corrected chi connectivity index (χ3v) is 5.37. The largest absolute Gasteiger partial charge is 0.490 e. The number of carbonyl (C=O) groups is 1. The highest BCUT2D eigenvalue weighted by atomic mass is 35.5. The molecule has 0 spiro atoms. The smallest absolute Gasteiger partial charge is 0.475 e. The van der Waals surface area contributed by atoms with Crippen molar-refractivity contribution in [2.75, 3.05) is 0 Å². The maximum absolute atomic E-state index is 13.3. The fourth-order valence-corrected chi connectivity index (χ4v) is 3.13. The highest BCUT2D eigenvalue weighted by molar-refractivity contribution is 7.89. The molecule has 0 aliphatic rings. The molecule has 2 aromatic carbocycles. The summed E-state index contributed by atoms with van der Waals surface area (Å²) in [5, 5.41) is 32.1. The topological polar surface area (TPSA) is 193 Å². The number of sulfonamides is 1. The zero-order chi connectivity index (χ0) is 27.8. The number of alkyl halides is 3. The number of nitrogens with zero attached hydrogens (tertiary/aromatic N) is 3. The van der Waals surface area contributed by atoms with Gasteiger partial charge in [-0.2, -0.15) is 13.2 Å². The molecule has 37 heavy (non-hydrogen) atoms. The van der Waals surface area contributed by atoms with E-state index >= 15 is 0 Å². The van der Waals surface area contributed by atoms with Crippen molar-refractivity contribution in [3.63, 3.8) is 0 Å². The van der Waals surface area contributed by atoms with Crippen molar-refractivity contribution in [3.8, 4) is 0 Å². The van der Waals surface area contributed by atoms with Crippen molar-refractivity contribution < 1.29 is 45.7 Å². The fraction of sp³-hybridized carbons (Fsp3) is 0.158. The first-order valence-corrected chi connectivity index (χ1v) is 11.5. The number of nitrogens with two attached hydrogens (primary N) is 1. The Morgan fingerprint density at radius 2 is 1.76 bits per heavy atom. The van der Waals surface area contributed by atoms with E-state index in [2.05, 4.69) is 20.6 Å². The molecule has 200 valence electrons. The Labute approximate surface area is 210 Å². The average Bonchev–Trinajstić information content (AvgIpc) is 3.27. The summed E-state index contributed by atoms with van der Waals surface area (Å²) in [4.78, 5) is 13.0. The summed E-state index contributed by atoms with van der Waals surface area (Å²) in [5.74, 6) is -3.43. The van der Waals surface area contributed by atoms with E-state index in [0.717, 1.165) is 11.6 Å². The molecule has 0 saturated carbocycles. The van der Waals surface area contributed by atoms with Crippen molar-refractivity contribution in [1.82, 2.24) is 21.1 Å². The van der Waals surface area contributed by atoms with E-state index in [1.54, 1.807) is 12.1 Å². The van der Waals surface area contributed by atoms with Crippen molar-refractivity contribution in [1.29, 1.82) is 0 Å². The minimum absolute atomic E-state index is 0.0185. The van der Waals surface area contributed by atoms with Gasteiger partial charge in [-0.15, -0.1) is 0 Å². The van der Waals surface area contributed by atoms with Gasteiger partial charge >= 0.3 is 12.1 Å². The number of aliphatic carboxylic acids is 1. The molecular weight excluding hydrogens is 552 g/mol. The highest BCUT2D eigenvalue weighted by Crippen LogP contribution is 2.22. The third kappa shape index (κ3) is 9.07. The molecule has 3 rings (SSSR count). The molecule has 0 saturated heterocycles. The Balaban J connectivity index is 0.000000604. The number of aliphatic imine (C=N–C) groups is 1. The molecule has 0 atom stereocenters. The lowest BCUT2D eigenvalue weighted by Gasteiger charge is -2.06. The van der Waals surface area contributed by atoms with Gasteiger partial charge in [-0.25, -0.2) is 32.4 Å². The summed E-state index contributed by atoms with van der Waals surface area (Å²) in [6.07, 6.45) is -5.08. The van der Waals surface area contributed by atoms with E-state index in [0.29, 0.717) is 12.2 Å². The molecule has 18 heteroatoms. The zero-order valence-electron chi connectivity index (χ0n) is 18.2. The molecule has 1 aromatic heterocycles. The van der Waals surface area contributed by atoms with Crippen LogP contribution < -0.4 is 15.9 Å². The normalized spacial score (nSPS) is 12.0. The molecule has 6 N–H and O–H groups in total. The van der Waals surface area contributed by atoms with Crippen LogP contribution in [0.4, 0.5) is 23.2 Å². The lowest BCUT2D eigenvalue weighted by Crippen LogP contribution is -2.24. The second-order valence-corrected chi connectivity index (χ2v) is 8.79. The van der Waals surface area contributed by atoms with Gasteiger partial charge in [0.15, 0.2) is 11.5 Å². The summed E-state index contributed by atoms with van der Waals surface area (Å²) < 4.78 is 72.3. The van der Waals surface area contributed by atoms with Gasteiger partial charge in [0.1, 0.15) is 11.5 Å². The number of hydrogen-bond donors (Lipinski definition) is 5. The maximum Gasteiger partial charge on any atom is 0.490 e. The first-order chi connectivity index (χ1) is 17.2. The van der Waals surface area contributed by atoms with Gasteiger partial charge in [-0.3, -0.25) is 10.7 Å². The number of hydrogen-bond acceptors (Lipinski definition) is 9. The van der Waals surface area contributed by atoms with Gasteiger partial charge in [0.05, 0.1) is 15.6 Å². The molecule has 0 fully saturated rings. The van der Waals surface area contributed by atoms with Crippen LogP contribution in [-0.2, 0) is 27.9 Å². The first-order valence-electron chi connectivity index (χ1n) is 9.60. The van der Waals surface area contributed by atoms with Crippen molar-refractivity contribution in [2.24, 2.45) is 10.1 Å². The fourth-order valence-electron chi connectivity index (χ4n) is 2.44. The predicted molar refractivity (Wildman–Crippen MR) is 119 cm³/mol. The second kappa shape index (κ2) is 12.5. The molecule has 0 radical (unpaired) electrons. The van der Waals surface area contributed by atoms with E-state index in [1.807, 2.05) is 5.48 Å². The Morgan fingerprint density at radius 1 is 1.14 bits per heavy atom. The number of rotatable bonds is 7. The lowest BCUT2D eigenvalue weighted by molar-refractivity contribution is -0.192. The summed E-state index contributed by atoms with van der Waals surface area (Å²) in [5.41, 5.74) is 3.46. The molecular formula is C19H17ClF4N6O6S. The average molecular weight is 569 g/mol. The van der Waals surface area contributed by atoms with E-state index in [-0.39, 0.29) is 33.7 Å². The van der Waals surface area contributed by atoms with Gasteiger partial charge in [0.25, 0.3) is 0 Å². The van der Waals surface area contributed by atoms with Crippen LogP contribution in [-0.4, -0.2) is 47.0 Å². The summed E-state index contributed by atoms with van der Waals surface area (Å²) in [6, 6.07) is 9.85. The second-order valence-electron chi connectivity index (χ2n) is 6.83. The maximum atomic E-state index is 13.3. The van der Waals surface area contributed by atoms with Crippen LogP contribution in [0.15, 0.2) is 57.0 Å². The van der Waals surface area contributed by atoms with Gasteiger partial charge in [0.2, 0.25) is 10.0 Å². The van der Waals surface area contributed by atoms with Crippen LogP contribution in [0.25, 0.3) is 0 Å². The molecule has 1 heterocycles. The number of carboxylic acid groups (broad SMARTS) is 1. The predicted octanol–water partition coefficient (Wildman–Crippen LogP) is 2.49. The Kier molecular flexibility index (Phi) is 10.0. The van der Waals surface area contributed by atoms with E-state index in [1.165, 1.54) is 24.3 Å². The van der Waals surface area contributed by atoms with Gasteiger partial charge < -0.3 is 10.4 Å². The zero-order valence-corrected chi connectivity index (χ0v) is 19.8. The molecule has 0 aliphatic heterocycles. The lowest BCUT2D eigenvalue weighted by atomic mass is 10.2. The number of nitrogens with one attached hydrogen (secondary N) is 2. The van der Waals surface area contributed by atoms with Crippen molar-refractivity contribution in [2.45, 2.75) is 24.2 Å². The number of benzene rings is 2. The molecule has 0 bridgehead atoms. The Morgan fingerprint density at radius 3 is 2.27 bits per heavy atom. The first kappa shape index (κ1) is 29.6. The number of halogens is 5. The molecule has 12 nitrogen and oxygen atoms in total. The third-order valence-electron chi connectivity index (χ3n) is 4.15. The van der Waals surface area contributed by atoms with E-state index in [9.17, 15) is 31.2 Å². The summed E-state index contributed by atoms with van der Waals surface area (Å²) in [6.45, 7) is 0.574. The quantitative estimate of drug-likeness (QED) is 0.122. The SMILES string of the molecule is NS(=O)(=O)c1ccc(CNCc2nonc2C(=Nc2ccc(F)c(Cl)c2)NO)cc1.O=C(O)C(F)(F)F. The molecule has 0 amide bonds. The minimum Gasteiger partial charge on any atom is -0.475 e. The number of primary sulfonamides is 1. The number of carboxylic acids is 1. The summed E-state index contributed by atoms with van der Waals surface area (Å²) in [7, 11) is -3.75. The molecule has 3 aromatic rings. The number of aromatic nitrogens is 2. The monoisotopic (exact) mass is 568 g/mol. The van der Waals surface area contributed by atoms with E-state index < -0.39 is 28.0 Å². The van der Waals surface area contributed by atoms with Crippen LogP contribution in [0, 0.1) is 5.82 Å². The van der Waals surface area contributed by atoms with Crippen LogP contribution in [0.3, 0.4) is 0 Å². The van der Waals surface area contributed by atoms with Crippen LogP contribution in [0.2, 0.25) is 5.02 Å². The van der Waals surface area contributed by atoms with Crippen LogP contribution in [0.5, 0.6) is 0 Å². The molecule has 0 aliphatic carbocycles. The van der Waals surface area contributed by atoms with Crippen LogP contribution in [0.1, 0.15) is 17.0 Å². The number of amidine groups is 1. The van der Waals surface area contributed by atoms with Crippen molar-refractivity contribution >= 4 is 39.1 Å². The minimum atomic E-state index is -5.08. The summed E-state index contributed by atoms with van der Waals surface area (Å²) >= 11 is 5.73. The number of hydroxylamine groups is 1. The standard InChI is InChI=1S/C17H16ClFN6O4S.C2HF3O2/c18-13-7-11(3-6-14(13)19)22-17(23-26)16-15(24-29-25-16)9-21-8-10-1-4-12(5-2-10)30(20,27)28;3-2(4,5)1(6)7/h1-7,21,26H,8-9H2,(H,22,23)(H2,20,27,28);(H,6,7). The van der Waals surface area contributed by atoms with E-state index in [4.69, 9.17) is 31.3 Å². The van der Waals surface area contributed by atoms with Gasteiger partial charge in [-0.1, -0.05) is 28.9 Å². The van der Waals surface area contributed by atoms with Crippen molar-refractivity contribution in [3.05, 3.63) is 70.3 Å². The van der Waals surface area contributed by atoms with Gasteiger partial charge in [-0.05, 0) is 41.1 Å². The van der Waals surface area contributed by atoms with Crippen LogP contribution >= 0.6 is 11.6 Å². The van der Waals surface area contributed by atoms with Gasteiger partial charge in [0, 0.05) is 13.1 Å². The molecule has 0 unspecified atom stereocenters. The Hall–Kier alpha value is -3.64. The Bertz CT molecular complexity index is 1370. The highest BCUT2D eigenvalue weighted by Gasteiger charge is 2.38.